The van der Waals surface area contributed by atoms with Gasteiger partial charge in [0.15, 0.2) is 0 Å². The SMILES string of the molecule is CC(N)C1CCN(Cc2c[nH]c3ccc(Br)cc23)C1. The third-order valence-electron chi connectivity index (χ3n) is 4.18. The highest BCUT2D eigenvalue weighted by Crippen LogP contribution is 2.26. The number of nitrogens with one attached hydrogen (secondary N) is 1. The Morgan fingerprint density at radius 1 is 1.53 bits per heavy atom. The second-order valence-electron chi connectivity index (χ2n) is 5.65. The lowest BCUT2D eigenvalue weighted by Gasteiger charge is -2.17. The standard InChI is InChI=1S/C15H20BrN3/c1-10(17)11-4-5-19(8-11)9-12-7-18-15-3-2-13(16)6-14(12)15/h2-3,6-7,10-11,18H,4-5,8-9,17H2,1H3. The second kappa shape index (κ2) is 5.27. The number of H-pyrrole nitrogens is 1. The molecule has 2 atom stereocenters. The molecule has 1 aromatic heterocycles. The normalized spacial score (nSPS) is 22.2. The zero-order valence-corrected chi connectivity index (χ0v) is 12.8. The molecule has 3 nitrogen and oxygen atoms in total. The van der Waals surface area contributed by atoms with E-state index in [2.05, 4.69) is 57.1 Å². The van der Waals surface area contributed by atoms with Gasteiger partial charge in [-0.25, -0.2) is 0 Å². The molecule has 19 heavy (non-hydrogen) atoms. The first kappa shape index (κ1) is 13.2. The van der Waals surface area contributed by atoms with Crippen molar-refractivity contribution in [1.82, 2.24) is 9.88 Å². The number of rotatable bonds is 3. The molecule has 1 aliphatic heterocycles. The van der Waals surface area contributed by atoms with Crippen LogP contribution in [0.2, 0.25) is 0 Å². The van der Waals surface area contributed by atoms with Crippen molar-refractivity contribution in [3.8, 4) is 0 Å². The Hall–Kier alpha value is -0.840. The fraction of sp³-hybridized carbons (Fsp3) is 0.467. The number of likely N-dealkylation sites (tertiary alicyclic amines) is 1. The average molecular weight is 322 g/mol. The number of fused-ring (bicyclic) bond motifs is 1. The Morgan fingerprint density at radius 2 is 2.37 bits per heavy atom. The van der Waals surface area contributed by atoms with Gasteiger partial charge in [-0.15, -0.1) is 0 Å². The lowest BCUT2D eigenvalue weighted by molar-refractivity contribution is 0.309. The van der Waals surface area contributed by atoms with Crippen LogP contribution >= 0.6 is 15.9 Å². The van der Waals surface area contributed by atoms with Gasteiger partial charge < -0.3 is 10.7 Å². The highest BCUT2D eigenvalue weighted by Gasteiger charge is 2.25. The van der Waals surface area contributed by atoms with Gasteiger partial charge in [0.25, 0.3) is 0 Å². The van der Waals surface area contributed by atoms with Crippen molar-refractivity contribution in [2.24, 2.45) is 11.7 Å². The van der Waals surface area contributed by atoms with Gasteiger partial charge in [0.2, 0.25) is 0 Å². The van der Waals surface area contributed by atoms with Crippen molar-refractivity contribution in [1.29, 1.82) is 0 Å². The maximum Gasteiger partial charge on any atom is 0.0458 e. The van der Waals surface area contributed by atoms with E-state index >= 15 is 0 Å². The van der Waals surface area contributed by atoms with Gasteiger partial charge in [-0.1, -0.05) is 15.9 Å². The van der Waals surface area contributed by atoms with E-state index in [1.165, 1.54) is 22.9 Å². The summed E-state index contributed by atoms with van der Waals surface area (Å²) in [6, 6.07) is 6.70. The largest absolute Gasteiger partial charge is 0.361 e. The average Bonchev–Trinajstić information content (AvgIpc) is 2.98. The van der Waals surface area contributed by atoms with Gasteiger partial charge in [0.1, 0.15) is 0 Å². The Morgan fingerprint density at radius 3 is 3.11 bits per heavy atom. The highest BCUT2D eigenvalue weighted by atomic mass is 79.9. The molecule has 1 saturated heterocycles. The topological polar surface area (TPSA) is 45.0 Å². The Labute approximate surface area is 122 Å². The minimum Gasteiger partial charge on any atom is -0.361 e. The maximum absolute atomic E-state index is 6.00. The molecule has 4 heteroatoms. The van der Waals surface area contributed by atoms with Crippen LogP contribution in [-0.4, -0.2) is 29.0 Å². The van der Waals surface area contributed by atoms with Gasteiger partial charge in [0, 0.05) is 40.7 Å². The van der Waals surface area contributed by atoms with E-state index < -0.39 is 0 Å². The smallest absolute Gasteiger partial charge is 0.0458 e. The van der Waals surface area contributed by atoms with Crippen LogP contribution in [-0.2, 0) is 6.54 Å². The Balaban J connectivity index is 1.77. The van der Waals surface area contributed by atoms with E-state index in [4.69, 9.17) is 5.73 Å². The van der Waals surface area contributed by atoms with E-state index in [0.717, 1.165) is 24.1 Å². The summed E-state index contributed by atoms with van der Waals surface area (Å²) in [5.74, 6) is 0.650. The van der Waals surface area contributed by atoms with Gasteiger partial charge in [-0.2, -0.15) is 0 Å². The van der Waals surface area contributed by atoms with E-state index in [1.54, 1.807) is 0 Å². The van der Waals surface area contributed by atoms with Crippen molar-refractivity contribution in [2.75, 3.05) is 13.1 Å². The maximum atomic E-state index is 6.00. The third-order valence-corrected chi connectivity index (χ3v) is 4.67. The number of halogens is 1. The summed E-state index contributed by atoms with van der Waals surface area (Å²) >= 11 is 3.55. The number of benzene rings is 1. The first-order chi connectivity index (χ1) is 9.13. The summed E-state index contributed by atoms with van der Waals surface area (Å²) in [7, 11) is 0. The number of aromatic amines is 1. The molecule has 0 amide bonds. The fourth-order valence-electron chi connectivity index (χ4n) is 2.96. The van der Waals surface area contributed by atoms with Crippen LogP contribution in [0.4, 0.5) is 0 Å². The summed E-state index contributed by atoms with van der Waals surface area (Å²) in [4.78, 5) is 5.86. The molecule has 2 unspecified atom stereocenters. The molecule has 0 saturated carbocycles. The van der Waals surface area contributed by atoms with Gasteiger partial charge in [-0.3, -0.25) is 4.90 Å². The molecule has 1 aromatic carbocycles. The fourth-order valence-corrected chi connectivity index (χ4v) is 3.32. The molecular weight excluding hydrogens is 302 g/mol. The molecule has 0 radical (unpaired) electrons. The van der Waals surface area contributed by atoms with Gasteiger partial charge in [-0.05, 0) is 49.6 Å². The summed E-state index contributed by atoms with van der Waals surface area (Å²) in [6.45, 7) is 5.42. The van der Waals surface area contributed by atoms with Crippen molar-refractivity contribution in [2.45, 2.75) is 25.9 Å². The van der Waals surface area contributed by atoms with Crippen LogP contribution in [0.5, 0.6) is 0 Å². The molecule has 3 N–H and O–H groups in total. The molecule has 0 aliphatic carbocycles. The summed E-state index contributed by atoms with van der Waals surface area (Å²) in [5.41, 5.74) is 8.59. The predicted octanol–water partition coefficient (Wildman–Crippen LogP) is 3.10. The van der Waals surface area contributed by atoms with E-state index in [9.17, 15) is 0 Å². The van der Waals surface area contributed by atoms with Gasteiger partial charge >= 0.3 is 0 Å². The van der Waals surface area contributed by atoms with Crippen molar-refractivity contribution in [3.05, 3.63) is 34.4 Å². The molecule has 3 rings (SSSR count). The van der Waals surface area contributed by atoms with Crippen LogP contribution in [0.15, 0.2) is 28.9 Å². The zero-order chi connectivity index (χ0) is 13.4. The quantitative estimate of drug-likeness (QED) is 0.912. The molecule has 2 aromatic rings. The number of aromatic nitrogens is 1. The van der Waals surface area contributed by atoms with E-state index in [-0.39, 0.29) is 0 Å². The van der Waals surface area contributed by atoms with Crippen molar-refractivity contribution in [3.63, 3.8) is 0 Å². The number of nitrogens with zero attached hydrogens (tertiary/aromatic N) is 1. The van der Waals surface area contributed by atoms with Crippen LogP contribution in [0.3, 0.4) is 0 Å². The molecule has 0 spiro atoms. The summed E-state index contributed by atoms with van der Waals surface area (Å²) in [6.07, 6.45) is 3.36. The van der Waals surface area contributed by atoms with Crippen molar-refractivity contribution < 1.29 is 0 Å². The van der Waals surface area contributed by atoms with E-state index in [0.29, 0.717) is 12.0 Å². The number of hydrogen-bond donors (Lipinski definition) is 2. The Kier molecular flexibility index (Phi) is 3.65. The molecule has 1 aliphatic rings. The second-order valence-corrected chi connectivity index (χ2v) is 6.56. The molecule has 1 fully saturated rings. The van der Waals surface area contributed by atoms with Crippen LogP contribution in [0.1, 0.15) is 18.9 Å². The van der Waals surface area contributed by atoms with Crippen LogP contribution in [0.25, 0.3) is 10.9 Å². The molecule has 102 valence electrons. The van der Waals surface area contributed by atoms with E-state index in [1.807, 2.05) is 0 Å². The van der Waals surface area contributed by atoms with Crippen LogP contribution < -0.4 is 5.73 Å². The third kappa shape index (κ3) is 2.71. The predicted molar refractivity (Wildman–Crippen MR) is 83.0 cm³/mol. The van der Waals surface area contributed by atoms with Crippen LogP contribution in [0, 0.1) is 5.92 Å². The first-order valence-electron chi connectivity index (χ1n) is 6.87. The zero-order valence-electron chi connectivity index (χ0n) is 11.2. The highest BCUT2D eigenvalue weighted by molar-refractivity contribution is 9.10. The molecular formula is C15H20BrN3. The number of hydrogen-bond acceptors (Lipinski definition) is 2. The lowest BCUT2D eigenvalue weighted by Crippen LogP contribution is -2.29. The molecule has 2 heterocycles. The Bertz CT molecular complexity index is 576. The first-order valence-corrected chi connectivity index (χ1v) is 7.66. The number of nitrogens with two attached hydrogens (primary N) is 1. The minimum absolute atomic E-state index is 0.308. The summed E-state index contributed by atoms with van der Waals surface area (Å²) < 4.78 is 1.13. The monoisotopic (exact) mass is 321 g/mol. The van der Waals surface area contributed by atoms with Gasteiger partial charge in [0.05, 0.1) is 0 Å². The summed E-state index contributed by atoms with van der Waals surface area (Å²) in [5, 5.41) is 1.32. The lowest BCUT2D eigenvalue weighted by atomic mass is 10.0. The minimum atomic E-state index is 0.308. The van der Waals surface area contributed by atoms with Crippen molar-refractivity contribution >= 4 is 26.8 Å². The molecule has 0 bridgehead atoms.